The van der Waals surface area contributed by atoms with Gasteiger partial charge in [0.25, 0.3) is 0 Å². The zero-order valence-electron chi connectivity index (χ0n) is 13.3. The molecule has 1 amide bonds. The van der Waals surface area contributed by atoms with Crippen molar-refractivity contribution in [1.29, 1.82) is 0 Å². The van der Waals surface area contributed by atoms with E-state index in [2.05, 4.69) is 10.6 Å². The number of methoxy groups -OCH3 is 1. The van der Waals surface area contributed by atoms with Crippen molar-refractivity contribution in [1.82, 2.24) is 10.6 Å². The molecule has 4 nitrogen and oxygen atoms in total. The molecule has 2 N–H and O–H groups in total. The molecule has 0 spiro atoms. The molecule has 2 fully saturated rings. The molecule has 4 atom stereocenters. The summed E-state index contributed by atoms with van der Waals surface area (Å²) in [7, 11) is 1.69. The summed E-state index contributed by atoms with van der Waals surface area (Å²) in [5, 5.41) is 6.58. The highest BCUT2D eigenvalue weighted by atomic mass is 16.5. The first-order chi connectivity index (χ1) is 10.8. The summed E-state index contributed by atoms with van der Waals surface area (Å²) in [6.07, 6.45) is 6.00. The molecule has 1 aromatic rings. The third kappa shape index (κ3) is 3.50. The van der Waals surface area contributed by atoms with Crippen LogP contribution in [0.2, 0.25) is 0 Å². The maximum absolute atomic E-state index is 12.4. The van der Waals surface area contributed by atoms with Crippen LogP contribution in [0, 0.1) is 5.92 Å². The van der Waals surface area contributed by atoms with Crippen molar-refractivity contribution in [2.24, 2.45) is 5.92 Å². The minimum Gasteiger partial charge on any atom is -0.375 e. The summed E-state index contributed by atoms with van der Waals surface area (Å²) in [6.45, 7) is 0.521. The average molecular weight is 302 g/mol. The van der Waals surface area contributed by atoms with Crippen molar-refractivity contribution in [2.75, 3.05) is 13.7 Å². The zero-order valence-corrected chi connectivity index (χ0v) is 13.3. The fourth-order valence-electron chi connectivity index (χ4n) is 3.84. The van der Waals surface area contributed by atoms with E-state index in [0.717, 1.165) is 12.0 Å². The molecule has 120 valence electrons. The lowest BCUT2D eigenvalue weighted by molar-refractivity contribution is -0.123. The molecule has 1 heterocycles. The molecule has 0 aromatic heterocycles. The van der Waals surface area contributed by atoms with E-state index in [1.165, 1.54) is 25.7 Å². The van der Waals surface area contributed by atoms with Gasteiger partial charge in [-0.15, -0.1) is 0 Å². The molecule has 1 saturated heterocycles. The lowest BCUT2D eigenvalue weighted by atomic mass is 9.85. The highest BCUT2D eigenvalue weighted by Crippen LogP contribution is 2.33. The van der Waals surface area contributed by atoms with E-state index in [-0.39, 0.29) is 18.1 Å². The summed E-state index contributed by atoms with van der Waals surface area (Å²) in [4.78, 5) is 12.4. The van der Waals surface area contributed by atoms with Crippen LogP contribution in [-0.4, -0.2) is 31.6 Å². The van der Waals surface area contributed by atoms with Crippen LogP contribution in [0.25, 0.3) is 0 Å². The minimum absolute atomic E-state index is 0.0265. The van der Waals surface area contributed by atoms with Crippen molar-refractivity contribution in [3.63, 3.8) is 0 Å². The summed E-state index contributed by atoms with van der Waals surface area (Å²) < 4.78 is 5.51. The second kappa shape index (κ2) is 7.25. The number of fused-ring (bicyclic) bond motifs is 1. The number of hydrogen-bond acceptors (Lipinski definition) is 3. The molecular weight excluding hydrogens is 276 g/mol. The van der Waals surface area contributed by atoms with Crippen molar-refractivity contribution in [3.05, 3.63) is 35.9 Å². The Hall–Kier alpha value is -1.39. The van der Waals surface area contributed by atoms with Crippen LogP contribution in [-0.2, 0) is 9.53 Å². The highest BCUT2D eigenvalue weighted by Gasteiger charge is 2.38. The fourth-order valence-corrected chi connectivity index (χ4v) is 3.84. The van der Waals surface area contributed by atoms with Gasteiger partial charge in [-0.1, -0.05) is 43.2 Å². The Balaban J connectivity index is 1.51. The predicted molar refractivity (Wildman–Crippen MR) is 86.5 cm³/mol. The average Bonchev–Trinajstić information content (AvgIpc) is 3.00. The molecule has 2 aliphatic rings. The Kier molecular flexibility index (Phi) is 5.11. The lowest BCUT2D eigenvalue weighted by Gasteiger charge is -2.24. The monoisotopic (exact) mass is 302 g/mol. The van der Waals surface area contributed by atoms with Crippen LogP contribution < -0.4 is 10.6 Å². The molecule has 1 saturated carbocycles. The molecule has 4 heteroatoms. The van der Waals surface area contributed by atoms with Gasteiger partial charge in [-0.05, 0) is 30.7 Å². The van der Waals surface area contributed by atoms with Gasteiger partial charge in [0.05, 0.1) is 12.1 Å². The van der Waals surface area contributed by atoms with Gasteiger partial charge in [0.1, 0.15) is 0 Å². The van der Waals surface area contributed by atoms with Gasteiger partial charge in [-0.25, -0.2) is 0 Å². The van der Waals surface area contributed by atoms with Gasteiger partial charge < -0.3 is 15.4 Å². The molecule has 3 rings (SSSR count). The van der Waals surface area contributed by atoms with Gasteiger partial charge in [0, 0.05) is 19.7 Å². The largest absolute Gasteiger partial charge is 0.375 e. The molecule has 0 bridgehead atoms. The Morgan fingerprint density at radius 1 is 1.32 bits per heavy atom. The topological polar surface area (TPSA) is 50.4 Å². The smallest absolute Gasteiger partial charge is 0.237 e. The Morgan fingerprint density at radius 2 is 2.09 bits per heavy atom. The predicted octanol–water partition coefficient (Wildman–Crippen LogP) is 2.41. The van der Waals surface area contributed by atoms with Gasteiger partial charge in [-0.2, -0.15) is 0 Å². The maximum atomic E-state index is 12.4. The van der Waals surface area contributed by atoms with Crippen LogP contribution in [0.5, 0.6) is 0 Å². The van der Waals surface area contributed by atoms with Gasteiger partial charge in [0.2, 0.25) is 5.91 Å². The number of benzene rings is 1. The van der Waals surface area contributed by atoms with E-state index in [0.29, 0.717) is 18.5 Å². The first-order valence-electron chi connectivity index (χ1n) is 8.39. The van der Waals surface area contributed by atoms with Crippen molar-refractivity contribution >= 4 is 5.91 Å². The normalized spacial score (nSPS) is 28.9. The van der Waals surface area contributed by atoms with Crippen LogP contribution in [0.4, 0.5) is 0 Å². The van der Waals surface area contributed by atoms with Gasteiger partial charge in [-0.3, -0.25) is 4.79 Å². The summed E-state index contributed by atoms with van der Waals surface area (Å²) >= 11 is 0. The minimum atomic E-state index is -0.0890. The molecule has 1 aromatic carbocycles. The van der Waals surface area contributed by atoms with Crippen molar-refractivity contribution < 1.29 is 9.53 Å². The second-order valence-corrected chi connectivity index (χ2v) is 6.49. The summed E-state index contributed by atoms with van der Waals surface area (Å²) in [5.41, 5.74) is 1.10. The van der Waals surface area contributed by atoms with Gasteiger partial charge in [0.15, 0.2) is 0 Å². The summed E-state index contributed by atoms with van der Waals surface area (Å²) in [5.74, 6) is 0.809. The number of rotatable bonds is 5. The second-order valence-electron chi connectivity index (χ2n) is 6.49. The Morgan fingerprint density at radius 3 is 2.82 bits per heavy atom. The molecule has 0 radical (unpaired) electrons. The molecule has 22 heavy (non-hydrogen) atoms. The van der Waals surface area contributed by atoms with Gasteiger partial charge >= 0.3 is 0 Å². The van der Waals surface area contributed by atoms with E-state index >= 15 is 0 Å². The zero-order chi connectivity index (χ0) is 15.4. The molecule has 4 unspecified atom stereocenters. The van der Waals surface area contributed by atoms with E-state index < -0.39 is 0 Å². The van der Waals surface area contributed by atoms with E-state index in [9.17, 15) is 4.79 Å². The van der Waals surface area contributed by atoms with Crippen LogP contribution >= 0.6 is 0 Å². The number of amides is 1. The van der Waals surface area contributed by atoms with E-state index in [4.69, 9.17) is 4.74 Å². The molecular formula is C18H26N2O2. The quantitative estimate of drug-likeness (QED) is 0.878. The number of nitrogens with one attached hydrogen (secondary N) is 2. The third-order valence-corrected chi connectivity index (χ3v) is 5.10. The first-order valence-corrected chi connectivity index (χ1v) is 8.39. The lowest BCUT2D eigenvalue weighted by Crippen LogP contribution is -2.44. The molecule has 1 aliphatic heterocycles. The third-order valence-electron chi connectivity index (χ3n) is 5.10. The number of carbonyl (C=O) groups is 1. The SMILES string of the molecule is COC(CNC(=O)C1CC2CCCCC2N1)c1ccccc1. The van der Waals surface area contributed by atoms with Crippen LogP contribution in [0.1, 0.15) is 43.8 Å². The van der Waals surface area contributed by atoms with Crippen LogP contribution in [0.15, 0.2) is 30.3 Å². The Labute approximate surface area is 132 Å². The number of carbonyl (C=O) groups excluding carboxylic acids is 1. The highest BCUT2D eigenvalue weighted by molar-refractivity contribution is 5.82. The van der Waals surface area contributed by atoms with E-state index in [1.54, 1.807) is 7.11 Å². The number of hydrogen-bond donors (Lipinski definition) is 2. The summed E-state index contributed by atoms with van der Waals surface area (Å²) in [6, 6.07) is 10.6. The maximum Gasteiger partial charge on any atom is 0.237 e. The first kappa shape index (κ1) is 15.5. The van der Waals surface area contributed by atoms with Crippen molar-refractivity contribution in [3.8, 4) is 0 Å². The van der Waals surface area contributed by atoms with Crippen LogP contribution in [0.3, 0.4) is 0 Å². The number of ether oxygens (including phenoxy) is 1. The van der Waals surface area contributed by atoms with Crippen molar-refractivity contribution in [2.45, 2.75) is 50.3 Å². The fraction of sp³-hybridized carbons (Fsp3) is 0.611. The molecule has 1 aliphatic carbocycles. The Bertz CT molecular complexity index is 477. The standard InChI is InChI=1S/C18H26N2O2/c1-22-17(13-7-3-2-4-8-13)12-19-18(21)16-11-14-9-5-6-10-15(14)20-16/h2-4,7-8,14-17,20H,5-6,9-12H2,1H3,(H,19,21). The van der Waals surface area contributed by atoms with E-state index in [1.807, 2.05) is 30.3 Å².